The Kier molecular flexibility index (Phi) is 4.49. The maximum absolute atomic E-state index is 11.4. The minimum absolute atomic E-state index is 0.0534. The SMILES string of the molecule is CC1=CC(=Nc2ccc(N3CCCOCC3)cc2)C=CC1=O. The molecule has 1 aliphatic carbocycles. The maximum Gasteiger partial charge on any atom is 0.181 e. The minimum Gasteiger partial charge on any atom is -0.380 e. The molecular formula is C18H20N2O2. The van der Waals surface area contributed by atoms with E-state index in [0.29, 0.717) is 0 Å². The number of aliphatic imine (C=N–C) groups is 1. The molecule has 0 spiro atoms. The Labute approximate surface area is 130 Å². The minimum atomic E-state index is 0.0534. The van der Waals surface area contributed by atoms with Crippen molar-refractivity contribution in [1.29, 1.82) is 0 Å². The van der Waals surface area contributed by atoms with Crippen molar-refractivity contribution >= 4 is 22.9 Å². The number of hydrogen-bond acceptors (Lipinski definition) is 4. The maximum atomic E-state index is 11.4. The van der Waals surface area contributed by atoms with E-state index in [1.807, 2.05) is 25.1 Å². The van der Waals surface area contributed by atoms with Crippen molar-refractivity contribution in [3.05, 3.63) is 48.1 Å². The number of carbonyl (C=O) groups excluding carboxylic acids is 1. The largest absolute Gasteiger partial charge is 0.380 e. The van der Waals surface area contributed by atoms with Gasteiger partial charge in [-0.2, -0.15) is 0 Å². The van der Waals surface area contributed by atoms with Crippen molar-refractivity contribution < 1.29 is 9.53 Å². The molecule has 114 valence electrons. The highest BCUT2D eigenvalue weighted by Crippen LogP contribution is 2.21. The van der Waals surface area contributed by atoms with Crippen LogP contribution in [0.4, 0.5) is 11.4 Å². The molecule has 1 saturated heterocycles. The lowest BCUT2D eigenvalue weighted by molar-refractivity contribution is -0.111. The Morgan fingerprint density at radius 3 is 2.68 bits per heavy atom. The predicted molar refractivity (Wildman–Crippen MR) is 89.1 cm³/mol. The van der Waals surface area contributed by atoms with Gasteiger partial charge in [0.15, 0.2) is 5.78 Å². The molecule has 4 nitrogen and oxygen atoms in total. The molecule has 0 saturated carbocycles. The highest BCUT2D eigenvalue weighted by molar-refractivity contribution is 6.19. The number of hydrogen-bond donors (Lipinski definition) is 0. The summed E-state index contributed by atoms with van der Waals surface area (Å²) in [5.74, 6) is 0.0534. The summed E-state index contributed by atoms with van der Waals surface area (Å²) in [5, 5.41) is 0. The Balaban J connectivity index is 1.74. The van der Waals surface area contributed by atoms with Gasteiger partial charge in [0, 0.05) is 25.4 Å². The molecule has 22 heavy (non-hydrogen) atoms. The molecule has 0 unspecified atom stereocenters. The van der Waals surface area contributed by atoms with Gasteiger partial charge in [-0.25, -0.2) is 4.99 Å². The highest BCUT2D eigenvalue weighted by Gasteiger charge is 2.10. The Hall–Kier alpha value is -2.20. The highest BCUT2D eigenvalue weighted by atomic mass is 16.5. The summed E-state index contributed by atoms with van der Waals surface area (Å²) in [6.45, 7) is 5.40. The first-order valence-electron chi connectivity index (χ1n) is 7.64. The van der Waals surface area contributed by atoms with Gasteiger partial charge in [0.05, 0.1) is 18.0 Å². The Morgan fingerprint density at radius 2 is 1.91 bits per heavy atom. The van der Waals surface area contributed by atoms with Crippen LogP contribution >= 0.6 is 0 Å². The monoisotopic (exact) mass is 296 g/mol. The van der Waals surface area contributed by atoms with Crippen LogP contribution in [-0.2, 0) is 9.53 Å². The second kappa shape index (κ2) is 6.71. The van der Waals surface area contributed by atoms with Gasteiger partial charge in [-0.1, -0.05) is 0 Å². The van der Waals surface area contributed by atoms with Gasteiger partial charge in [-0.15, -0.1) is 0 Å². The van der Waals surface area contributed by atoms with E-state index < -0.39 is 0 Å². The van der Waals surface area contributed by atoms with E-state index in [-0.39, 0.29) is 5.78 Å². The van der Waals surface area contributed by atoms with Gasteiger partial charge in [-0.05, 0) is 61.4 Å². The lowest BCUT2D eigenvalue weighted by atomic mass is 10.1. The molecule has 2 aliphatic rings. The summed E-state index contributed by atoms with van der Waals surface area (Å²) >= 11 is 0. The molecule has 1 aromatic carbocycles. The lowest BCUT2D eigenvalue weighted by Gasteiger charge is -2.21. The van der Waals surface area contributed by atoms with Crippen LogP contribution in [0.2, 0.25) is 0 Å². The van der Waals surface area contributed by atoms with Crippen molar-refractivity contribution in [2.45, 2.75) is 13.3 Å². The van der Waals surface area contributed by atoms with Gasteiger partial charge >= 0.3 is 0 Å². The van der Waals surface area contributed by atoms with E-state index in [2.05, 4.69) is 22.0 Å². The predicted octanol–water partition coefficient (Wildman–Crippen LogP) is 3.07. The number of ketones is 1. The van der Waals surface area contributed by atoms with Crippen LogP contribution in [0.5, 0.6) is 0 Å². The molecule has 0 radical (unpaired) electrons. The van der Waals surface area contributed by atoms with E-state index in [0.717, 1.165) is 49.7 Å². The number of rotatable bonds is 2. The first-order chi connectivity index (χ1) is 10.7. The zero-order chi connectivity index (χ0) is 15.4. The van der Waals surface area contributed by atoms with Crippen LogP contribution in [0.25, 0.3) is 0 Å². The summed E-state index contributed by atoms with van der Waals surface area (Å²) in [6.07, 6.45) is 6.21. The number of nitrogens with zero attached hydrogens (tertiary/aromatic N) is 2. The first-order valence-corrected chi connectivity index (χ1v) is 7.64. The molecule has 0 bridgehead atoms. The topological polar surface area (TPSA) is 41.9 Å². The fraction of sp³-hybridized carbons (Fsp3) is 0.333. The Bertz CT molecular complexity index is 634. The Morgan fingerprint density at radius 1 is 1.09 bits per heavy atom. The van der Waals surface area contributed by atoms with E-state index in [1.165, 1.54) is 5.69 Å². The van der Waals surface area contributed by atoms with Crippen molar-refractivity contribution in [3.8, 4) is 0 Å². The van der Waals surface area contributed by atoms with Gasteiger partial charge in [0.2, 0.25) is 0 Å². The van der Waals surface area contributed by atoms with Crippen LogP contribution in [0.15, 0.2) is 53.1 Å². The summed E-state index contributed by atoms with van der Waals surface area (Å²) < 4.78 is 5.48. The summed E-state index contributed by atoms with van der Waals surface area (Å²) in [4.78, 5) is 18.3. The molecular weight excluding hydrogens is 276 g/mol. The number of anilines is 1. The fourth-order valence-electron chi connectivity index (χ4n) is 2.59. The molecule has 1 heterocycles. The smallest absolute Gasteiger partial charge is 0.181 e. The van der Waals surface area contributed by atoms with E-state index in [9.17, 15) is 4.79 Å². The fourth-order valence-corrected chi connectivity index (χ4v) is 2.59. The molecule has 3 rings (SSSR count). The standard InChI is InChI=1S/C18H20N2O2/c1-14-13-16(5-8-18(14)21)19-15-3-6-17(7-4-15)20-9-2-11-22-12-10-20/h3-8,13H,2,9-12H2,1H3. The first kappa shape index (κ1) is 14.7. The molecule has 4 heteroatoms. The second-order valence-electron chi connectivity index (χ2n) is 5.53. The number of allylic oxidation sites excluding steroid dienone is 4. The summed E-state index contributed by atoms with van der Waals surface area (Å²) in [5.41, 5.74) is 3.64. The molecule has 0 N–H and O–H groups in total. The number of benzene rings is 1. The van der Waals surface area contributed by atoms with E-state index in [1.54, 1.807) is 12.2 Å². The lowest BCUT2D eigenvalue weighted by Crippen LogP contribution is -2.25. The van der Waals surface area contributed by atoms with Gasteiger partial charge in [0.1, 0.15) is 0 Å². The van der Waals surface area contributed by atoms with Crippen LogP contribution in [0, 0.1) is 0 Å². The third kappa shape index (κ3) is 3.52. The zero-order valence-corrected chi connectivity index (χ0v) is 12.8. The molecule has 1 aliphatic heterocycles. The third-order valence-corrected chi connectivity index (χ3v) is 3.85. The molecule has 0 atom stereocenters. The molecule has 0 amide bonds. The molecule has 0 aromatic heterocycles. The van der Waals surface area contributed by atoms with Crippen LogP contribution in [0.1, 0.15) is 13.3 Å². The van der Waals surface area contributed by atoms with Crippen LogP contribution < -0.4 is 4.90 Å². The van der Waals surface area contributed by atoms with Gasteiger partial charge in [-0.3, -0.25) is 4.79 Å². The number of carbonyl (C=O) groups is 1. The molecule has 1 fully saturated rings. The quantitative estimate of drug-likeness (QED) is 0.788. The van der Waals surface area contributed by atoms with E-state index in [4.69, 9.17) is 4.74 Å². The van der Waals surface area contributed by atoms with Gasteiger partial charge < -0.3 is 9.64 Å². The van der Waals surface area contributed by atoms with E-state index >= 15 is 0 Å². The normalized spacial score (nSPS) is 21.0. The number of ether oxygens (including phenoxy) is 1. The van der Waals surface area contributed by atoms with Crippen molar-refractivity contribution in [2.75, 3.05) is 31.2 Å². The summed E-state index contributed by atoms with van der Waals surface area (Å²) in [6, 6.07) is 8.22. The van der Waals surface area contributed by atoms with Crippen molar-refractivity contribution in [1.82, 2.24) is 0 Å². The molecule has 1 aromatic rings. The average Bonchev–Trinajstić information content (AvgIpc) is 2.81. The van der Waals surface area contributed by atoms with Crippen LogP contribution in [0.3, 0.4) is 0 Å². The summed E-state index contributed by atoms with van der Waals surface area (Å²) in [7, 11) is 0. The van der Waals surface area contributed by atoms with Crippen LogP contribution in [-0.4, -0.2) is 37.8 Å². The van der Waals surface area contributed by atoms with Crippen molar-refractivity contribution in [3.63, 3.8) is 0 Å². The van der Waals surface area contributed by atoms with Crippen molar-refractivity contribution in [2.24, 2.45) is 4.99 Å². The third-order valence-electron chi connectivity index (χ3n) is 3.85. The second-order valence-corrected chi connectivity index (χ2v) is 5.53. The average molecular weight is 296 g/mol. The van der Waals surface area contributed by atoms with Gasteiger partial charge in [0.25, 0.3) is 0 Å². The zero-order valence-electron chi connectivity index (χ0n) is 12.8.